The molecule has 16 heavy (non-hydrogen) atoms. The molecule has 0 aromatic heterocycles. The molecule has 0 bridgehead atoms. The third kappa shape index (κ3) is 1.96. The number of rotatable bonds is 1. The molecule has 0 spiro atoms. The van der Waals surface area contributed by atoms with Crippen LogP contribution >= 0.6 is 0 Å². The van der Waals surface area contributed by atoms with Crippen molar-refractivity contribution < 1.29 is 9.59 Å². The van der Waals surface area contributed by atoms with Gasteiger partial charge in [-0.25, -0.2) is 9.59 Å². The highest BCUT2D eigenvalue weighted by Crippen LogP contribution is 2.25. The minimum absolute atomic E-state index is 0.417. The molecule has 0 saturated carbocycles. The van der Waals surface area contributed by atoms with Crippen molar-refractivity contribution in [3.05, 3.63) is 23.8 Å². The Hall–Kier alpha value is -1.72. The molecule has 0 aromatic carbocycles. The number of imide groups is 1. The van der Waals surface area contributed by atoms with E-state index in [1.54, 1.807) is 6.92 Å². The summed E-state index contributed by atoms with van der Waals surface area (Å²) in [5.74, 6) is 0.417. The molecule has 1 unspecified atom stereocenters. The summed E-state index contributed by atoms with van der Waals surface area (Å²) in [4.78, 5) is 22.6. The summed E-state index contributed by atoms with van der Waals surface area (Å²) in [6, 6.07) is -0.947. The van der Waals surface area contributed by atoms with Crippen LogP contribution in [0, 0.1) is 0 Å². The molecule has 1 heterocycles. The standard InChI is InChI=1S/C10H14BN3O2/c1-10(6-3-2-4-7(11)5-6)13-8(15)12-9(16)14-10/h2-3,5,7H,4,11H2,1H3,(H3,12,13,14,15,16). The third-order valence-corrected chi connectivity index (χ3v) is 2.80. The van der Waals surface area contributed by atoms with Gasteiger partial charge in [-0.1, -0.05) is 18.2 Å². The lowest BCUT2D eigenvalue weighted by molar-refractivity contribution is 0.198. The van der Waals surface area contributed by atoms with Gasteiger partial charge in [0.05, 0.1) is 0 Å². The molecule has 1 saturated heterocycles. The summed E-state index contributed by atoms with van der Waals surface area (Å²) in [5, 5.41) is 7.56. The Balaban J connectivity index is 2.27. The quantitative estimate of drug-likeness (QED) is 0.544. The lowest BCUT2D eigenvalue weighted by Crippen LogP contribution is -2.69. The van der Waals surface area contributed by atoms with E-state index in [4.69, 9.17) is 0 Å². The van der Waals surface area contributed by atoms with Crippen LogP contribution in [0.1, 0.15) is 13.3 Å². The van der Waals surface area contributed by atoms with E-state index in [0.717, 1.165) is 12.0 Å². The van der Waals surface area contributed by atoms with Gasteiger partial charge in [-0.3, -0.25) is 5.32 Å². The fraction of sp³-hybridized carbons (Fsp3) is 0.400. The third-order valence-electron chi connectivity index (χ3n) is 2.80. The van der Waals surface area contributed by atoms with Crippen LogP contribution in [0.3, 0.4) is 0 Å². The number of hydrogen-bond acceptors (Lipinski definition) is 2. The maximum Gasteiger partial charge on any atom is 0.324 e. The van der Waals surface area contributed by atoms with E-state index in [1.807, 2.05) is 12.2 Å². The second kappa shape index (κ2) is 3.70. The van der Waals surface area contributed by atoms with Crippen molar-refractivity contribution in [2.24, 2.45) is 0 Å². The first-order valence-electron chi connectivity index (χ1n) is 5.30. The van der Waals surface area contributed by atoms with Gasteiger partial charge in [0.2, 0.25) is 0 Å². The van der Waals surface area contributed by atoms with E-state index in [-0.39, 0.29) is 0 Å². The Kier molecular flexibility index (Phi) is 2.49. The maximum atomic E-state index is 11.3. The summed E-state index contributed by atoms with van der Waals surface area (Å²) < 4.78 is 0. The van der Waals surface area contributed by atoms with Gasteiger partial charge in [-0.05, 0) is 24.7 Å². The number of allylic oxidation sites excluding steroid dienone is 2. The van der Waals surface area contributed by atoms with Crippen LogP contribution in [0.4, 0.5) is 9.59 Å². The van der Waals surface area contributed by atoms with Gasteiger partial charge in [-0.2, -0.15) is 0 Å². The van der Waals surface area contributed by atoms with Crippen molar-refractivity contribution in [1.82, 2.24) is 16.0 Å². The molecule has 1 aliphatic heterocycles. The molecule has 5 nitrogen and oxygen atoms in total. The number of urea groups is 2. The van der Waals surface area contributed by atoms with E-state index in [0.29, 0.717) is 5.82 Å². The predicted molar refractivity (Wildman–Crippen MR) is 62.7 cm³/mol. The summed E-state index contributed by atoms with van der Waals surface area (Å²) in [6.45, 7) is 1.78. The first-order valence-corrected chi connectivity index (χ1v) is 5.30. The second-order valence-electron chi connectivity index (χ2n) is 4.40. The van der Waals surface area contributed by atoms with E-state index in [1.165, 1.54) is 0 Å². The summed E-state index contributed by atoms with van der Waals surface area (Å²) >= 11 is 0. The van der Waals surface area contributed by atoms with E-state index < -0.39 is 17.7 Å². The van der Waals surface area contributed by atoms with E-state index >= 15 is 0 Å². The largest absolute Gasteiger partial charge is 0.324 e. The van der Waals surface area contributed by atoms with Gasteiger partial charge in [0.15, 0.2) is 0 Å². The smallest absolute Gasteiger partial charge is 0.311 e. The lowest BCUT2D eigenvalue weighted by Gasteiger charge is -2.37. The Bertz CT molecular complexity index is 387. The fourth-order valence-electron chi connectivity index (χ4n) is 1.97. The van der Waals surface area contributed by atoms with Crippen molar-refractivity contribution in [3.63, 3.8) is 0 Å². The molecule has 1 aliphatic carbocycles. The Morgan fingerprint density at radius 2 is 2.00 bits per heavy atom. The van der Waals surface area contributed by atoms with Gasteiger partial charge in [0.25, 0.3) is 0 Å². The molecule has 2 rings (SSSR count). The SMILES string of the molecule is BC1C=C(C2(C)NC(=O)NC(=O)N2)C=CC1. The van der Waals surface area contributed by atoms with Crippen molar-refractivity contribution >= 4 is 19.9 Å². The average Bonchev–Trinajstić information content (AvgIpc) is 2.15. The number of hydrogen-bond donors (Lipinski definition) is 3. The maximum absolute atomic E-state index is 11.3. The van der Waals surface area contributed by atoms with Gasteiger partial charge in [-0.15, -0.1) is 0 Å². The summed E-state index contributed by atoms with van der Waals surface area (Å²) in [6.07, 6.45) is 7.03. The first kappa shape index (κ1) is 10.8. The second-order valence-corrected chi connectivity index (χ2v) is 4.40. The highest BCUT2D eigenvalue weighted by molar-refractivity contribution is 6.13. The number of carbonyl (C=O) groups excluding carboxylic acids is 2. The van der Waals surface area contributed by atoms with Crippen LogP contribution in [0.25, 0.3) is 0 Å². The minimum Gasteiger partial charge on any atom is -0.311 e. The lowest BCUT2D eigenvalue weighted by atomic mass is 9.78. The Morgan fingerprint density at radius 1 is 1.38 bits per heavy atom. The van der Waals surface area contributed by atoms with Gasteiger partial charge >= 0.3 is 12.1 Å². The number of nitrogens with one attached hydrogen (secondary N) is 3. The van der Waals surface area contributed by atoms with Crippen LogP contribution in [0.2, 0.25) is 5.82 Å². The van der Waals surface area contributed by atoms with Crippen LogP contribution < -0.4 is 16.0 Å². The van der Waals surface area contributed by atoms with Gasteiger partial charge in [0.1, 0.15) is 13.5 Å². The van der Waals surface area contributed by atoms with Crippen molar-refractivity contribution in [2.45, 2.75) is 24.8 Å². The average molecular weight is 219 g/mol. The zero-order valence-electron chi connectivity index (χ0n) is 9.33. The highest BCUT2D eigenvalue weighted by Gasteiger charge is 2.36. The first-order chi connectivity index (χ1) is 7.49. The van der Waals surface area contributed by atoms with Gasteiger partial charge < -0.3 is 10.6 Å². The van der Waals surface area contributed by atoms with E-state index in [2.05, 4.69) is 29.9 Å². The molecule has 3 N–H and O–H groups in total. The molecule has 6 heteroatoms. The number of amides is 4. The summed E-state index contributed by atoms with van der Waals surface area (Å²) in [7, 11) is 2.09. The van der Waals surface area contributed by atoms with Gasteiger partial charge in [0, 0.05) is 0 Å². The molecule has 0 radical (unpaired) electrons. The Morgan fingerprint density at radius 3 is 2.56 bits per heavy atom. The van der Waals surface area contributed by atoms with Crippen LogP contribution in [-0.2, 0) is 0 Å². The van der Waals surface area contributed by atoms with Crippen LogP contribution in [0.5, 0.6) is 0 Å². The zero-order chi connectivity index (χ0) is 11.8. The number of carbonyl (C=O) groups is 2. The molecule has 0 aromatic rings. The molecular weight excluding hydrogens is 205 g/mol. The fourth-order valence-corrected chi connectivity index (χ4v) is 1.97. The highest BCUT2D eigenvalue weighted by atomic mass is 16.2. The molecule has 4 amide bonds. The molecule has 84 valence electrons. The monoisotopic (exact) mass is 219 g/mol. The predicted octanol–water partition coefficient (Wildman–Crippen LogP) is 0.0329. The normalized spacial score (nSPS) is 27.6. The molecule has 1 atom stereocenters. The van der Waals surface area contributed by atoms with Crippen LogP contribution in [-0.4, -0.2) is 25.6 Å². The summed E-state index contributed by atoms with van der Waals surface area (Å²) in [5.41, 5.74) is 0.0966. The van der Waals surface area contributed by atoms with Crippen molar-refractivity contribution in [3.8, 4) is 0 Å². The van der Waals surface area contributed by atoms with Crippen molar-refractivity contribution in [2.75, 3.05) is 0 Å². The molecule has 1 fully saturated rings. The molecule has 2 aliphatic rings. The minimum atomic E-state index is -0.815. The molecular formula is C10H14BN3O2. The van der Waals surface area contributed by atoms with Crippen LogP contribution in [0.15, 0.2) is 23.8 Å². The van der Waals surface area contributed by atoms with Crippen molar-refractivity contribution in [1.29, 1.82) is 0 Å². The van der Waals surface area contributed by atoms with E-state index in [9.17, 15) is 9.59 Å². The Labute approximate surface area is 94.8 Å². The topological polar surface area (TPSA) is 70.2 Å². The zero-order valence-corrected chi connectivity index (χ0v) is 9.33.